The predicted octanol–water partition coefficient (Wildman–Crippen LogP) is 7.65. The highest BCUT2D eigenvalue weighted by molar-refractivity contribution is 14.1. The predicted molar refractivity (Wildman–Crippen MR) is 174 cm³/mol. The summed E-state index contributed by atoms with van der Waals surface area (Å²) in [6.07, 6.45) is 9.81. The molecule has 0 unspecified atom stereocenters. The number of fused-ring (bicyclic) bond motifs is 1. The Hall–Kier alpha value is -2.55. The molecule has 0 aliphatic carbocycles. The maximum atomic E-state index is 5.89. The molecule has 0 saturated carbocycles. The van der Waals surface area contributed by atoms with Crippen molar-refractivity contribution in [2.45, 2.75) is 38.5 Å². The lowest BCUT2D eigenvalue weighted by Crippen LogP contribution is -2.21. The largest absolute Gasteiger partial charge is 0.494 e. The van der Waals surface area contributed by atoms with Crippen LogP contribution in [0.3, 0.4) is 0 Å². The Kier molecular flexibility index (Phi) is 11.2. The molecule has 6 heteroatoms. The van der Waals surface area contributed by atoms with Crippen LogP contribution in [0.4, 0.5) is 0 Å². The van der Waals surface area contributed by atoms with E-state index in [-0.39, 0.29) is 0 Å². The molecule has 40 heavy (non-hydrogen) atoms. The first kappa shape index (κ1) is 29.0. The van der Waals surface area contributed by atoms with E-state index in [4.69, 9.17) is 9.47 Å². The van der Waals surface area contributed by atoms with Crippen molar-refractivity contribution in [1.29, 1.82) is 0 Å². The van der Waals surface area contributed by atoms with Crippen molar-refractivity contribution in [3.8, 4) is 17.2 Å². The van der Waals surface area contributed by atoms with Crippen molar-refractivity contribution in [2.24, 2.45) is 0 Å². The van der Waals surface area contributed by atoms with Crippen LogP contribution < -0.4 is 9.47 Å². The number of hydrogen-bond acceptors (Lipinski definition) is 4. The lowest BCUT2D eigenvalue weighted by molar-refractivity contribution is 0.263. The van der Waals surface area contributed by atoms with Gasteiger partial charge < -0.3 is 23.8 Å². The van der Waals surface area contributed by atoms with E-state index in [1.165, 1.54) is 78.6 Å². The molecule has 4 aromatic rings. The Labute approximate surface area is 253 Å². The molecular weight excluding hydrogens is 609 g/mol. The average Bonchev–Trinajstić information content (AvgIpc) is 3.78. The van der Waals surface area contributed by atoms with Crippen molar-refractivity contribution in [2.75, 3.05) is 52.5 Å². The van der Waals surface area contributed by atoms with E-state index >= 15 is 0 Å². The van der Waals surface area contributed by atoms with Gasteiger partial charge >= 0.3 is 0 Å². The molecular formula is C34H42IN3O2. The zero-order valence-electron chi connectivity index (χ0n) is 23.5. The molecule has 0 spiro atoms. The third-order valence-corrected chi connectivity index (χ3v) is 8.42. The van der Waals surface area contributed by atoms with Gasteiger partial charge in [-0.2, -0.15) is 0 Å². The van der Waals surface area contributed by atoms with Crippen LogP contribution in [-0.4, -0.2) is 66.8 Å². The van der Waals surface area contributed by atoms with Crippen LogP contribution in [0.2, 0.25) is 0 Å². The zero-order chi connectivity index (χ0) is 27.4. The molecule has 2 saturated heterocycles. The van der Waals surface area contributed by atoms with E-state index in [0.717, 1.165) is 44.1 Å². The van der Waals surface area contributed by atoms with Gasteiger partial charge in [0.2, 0.25) is 0 Å². The molecule has 1 aromatic heterocycles. The summed E-state index contributed by atoms with van der Waals surface area (Å²) in [4.78, 5) is 5.06. The second-order valence-electron chi connectivity index (χ2n) is 10.7. The lowest BCUT2D eigenvalue weighted by Gasteiger charge is -2.14. The van der Waals surface area contributed by atoms with Gasteiger partial charge in [0.1, 0.15) is 11.5 Å². The summed E-state index contributed by atoms with van der Waals surface area (Å²) < 4.78 is 15.0. The van der Waals surface area contributed by atoms with E-state index in [1.807, 2.05) is 12.1 Å². The molecule has 3 heterocycles. The first-order valence-electron chi connectivity index (χ1n) is 14.9. The lowest BCUT2D eigenvalue weighted by atomic mass is 10.2. The smallest absolute Gasteiger partial charge is 0.119 e. The summed E-state index contributed by atoms with van der Waals surface area (Å²) in [5, 5.41) is 1.26. The minimum atomic E-state index is 0.794. The van der Waals surface area contributed by atoms with Crippen LogP contribution in [0.15, 0.2) is 85.1 Å². The van der Waals surface area contributed by atoms with E-state index in [0.29, 0.717) is 0 Å². The molecule has 2 fully saturated rings. The van der Waals surface area contributed by atoms with Gasteiger partial charge in [-0.25, -0.2) is 0 Å². The van der Waals surface area contributed by atoms with E-state index in [2.05, 4.69) is 110 Å². The molecule has 6 rings (SSSR count). The van der Waals surface area contributed by atoms with Crippen LogP contribution in [0.25, 0.3) is 16.6 Å². The fourth-order valence-electron chi connectivity index (χ4n) is 5.51. The summed E-state index contributed by atoms with van der Waals surface area (Å²) in [6.45, 7) is 9.06. The molecule has 0 bridgehead atoms. The van der Waals surface area contributed by atoms with Gasteiger partial charge in [0.05, 0.1) is 18.7 Å². The Morgan fingerprint density at radius 1 is 0.600 bits per heavy atom. The first-order valence-corrected chi connectivity index (χ1v) is 15.9. The fraction of sp³-hybridized carbons (Fsp3) is 0.412. The Balaban J connectivity index is 0.000000176. The van der Waals surface area contributed by atoms with Gasteiger partial charge in [-0.3, -0.25) is 0 Å². The molecule has 0 radical (unpaired) electrons. The van der Waals surface area contributed by atoms with Gasteiger partial charge in [-0.1, -0.05) is 18.2 Å². The average molecular weight is 652 g/mol. The number of halogens is 1. The number of aromatic nitrogens is 1. The second-order valence-corrected chi connectivity index (χ2v) is 11.9. The number of likely N-dealkylation sites (tertiary alicyclic amines) is 2. The maximum Gasteiger partial charge on any atom is 0.119 e. The highest BCUT2D eigenvalue weighted by atomic mass is 127. The third kappa shape index (κ3) is 8.72. The maximum absolute atomic E-state index is 5.89. The van der Waals surface area contributed by atoms with Crippen LogP contribution in [0, 0.1) is 3.57 Å². The number of rotatable bonds is 11. The van der Waals surface area contributed by atoms with E-state index < -0.39 is 0 Å². The van der Waals surface area contributed by atoms with Crippen molar-refractivity contribution < 1.29 is 9.47 Å². The molecule has 0 atom stereocenters. The van der Waals surface area contributed by atoms with Crippen molar-refractivity contribution in [3.63, 3.8) is 0 Å². The zero-order valence-corrected chi connectivity index (χ0v) is 25.7. The minimum absolute atomic E-state index is 0.794. The number of para-hydroxylation sites is 1. The molecule has 0 N–H and O–H groups in total. The quantitative estimate of drug-likeness (QED) is 0.123. The fourth-order valence-corrected chi connectivity index (χ4v) is 5.87. The normalized spacial score (nSPS) is 15.7. The molecule has 212 valence electrons. The van der Waals surface area contributed by atoms with Crippen molar-refractivity contribution in [1.82, 2.24) is 14.4 Å². The number of hydrogen-bond donors (Lipinski definition) is 0. The van der Waals surface area contributed by atoms with E-state index in [1.54, 1.807) is 0 Å². The Bertz CT molecular complexity index is 1280. The number of nitrogens with zero attached hydrogens (tertiary/aromatic N) is 3. The minimum Gasteiger partial charge on any atom is -0.494 e. The van der Waals surface area contributed by atoms with Gasteiger partial charge in [0, 0.05) is 28.5 Å². The van der Waals surface area contributed by atoms with Crippen molar-refractivity contribution in [3.05, 3.63) is 88.6 Å². The van der Waals surface area contributed by atoms with Gasteiger partial charge in [0.25, 0.3) is 0 Å². The standard InChI is InChI=1S/C21H24N2O.C13H18INO/c1-2-7-21-18(6-1)12-16-23(21)19-8-10-20(11-9-19)24-17-5-15-22-13-3-4-14-22;14-12-4-6-13(7-5-12)16-11-3-10-15-8-1-2-9-15/h1-2,6-12,16H,3-5,13-15,17H2;4-7H,1-3,8-11H2. The summed E-state index contributed by atoms with van der Waals surface area (Å²) >= 11 is 2.30. The molecule has 2 aliphatic rings. The molecule has 2 aliphatic heterocycles. The highest BCUT2D eigenvalue weighted by Crippen LogP contribution is 2.22. The number of benzene rings is 3. The number of ether oxygens (including phenoxy) is 2. The summed E-state index contributed by atoms with van der Waals surface area (Å²) in [5.41, 5.74) is 2.40. The van der Waals surface area contributed by atoms with Crippen LogP contribution in [-0.2, 0) is 0 Å². The highest BCUT2D eigenvalue weighted by Gasteiger charge is 2.11. The monoisotopic (exact) mass is 651 g/mol. The Morgan fingerprint density at radius 2 is 1.12 bits per heavy atom. The van der Waals surface area contributed by atoms with Gasteiger partial charge in [-0.05, 0) is 153 Å². The van der Waals surface area contributed by atoms with Crippen LogP contribution in [0.5, 0.6) is 11.5 Å². The summed E-state index contributed by atoms with van der Waals surface area (Å²) in [5.74, 6) is 1.94. The van der Waals surface area contributed by atoms with Gasteiger partial charge in [0.15, 0.2) is 0 Å². The molecule has 5 nitrogen and oxygen atoms in total. The summed E-state index contributed by atoms with van der Waals surface area (Å²) in [6, 6.07) is 27.2. The molecule has 0 amide bonds. The van der Waals surface area contributed by atoms with E-state index in [9.17, 15) is 0 Å². The topological polar surface area (TPSA) is 29.9 Å². The SMILES string of the molecule is Ic1ccc(OCCCN2CCCC2)cc1.c1ccc2c(c1)ccn2-c1ccc(OCCCN2CCCC2)cc1. The first-order chi connectivity index (χ1) is 19.7. The van der Waals surface area contributed by atoms with Crippen molar-refractivity contribution >= 4 is 33.5 Å². The van der Waals surface area contributed by atoms with Crippen LogP contribution in [0.1, 0.15) is 38.5 Å². The second kappa shape index (κ2) is 15.5. The summed E-state index contributed by atoms with van der Waals surface area (Å²) in [7, 11) is 0. The van der Waals surface area contributed by atoms with Gasteiger partial charge in [-0.15, -0.1) is 0 Å². The Morgan fingerprint density at radius 3 is 1.70 bits per heavy atom. The molecule has 3 aromatic carbocycles. The van der Waals surface area contributed by atoms with Crippen LogP contribution >= 0.6 is 22.6 Å². The third-order valence-electron chi connectivity index (χ3n) is 7.70.